The van der Waals surface area contributed by atoms with Gasteiger partial charge in [-0.2, -0.15) is 13.2 Å². The van der Waals surface area contributed by atoms with Crippen molar-refractivity contribution >= 4 is 6.08 Å². The van der Waals surface area contributed by atoms with Gasteiger partial charge in [0.15, 0.2) is 6.61 Å². The molecule has 0 radical (unpaired) electrons. The van der Waals surface area contributed by atoms with E-state index < -0.39 is 12.8 Å². The number of aromatic nitrogens is 1. The van der Waals surface area contributed by atoms with Crippen LogP contribution in [0.25, 0.3) is 6.08 Å². The average Bonchev–Trinajstić information content (AvgIpc) is 2.24. The van der Waals surface area contributed by atoms with E-state index in [0.717, 1.165) is 5.56 Å². The van der Waals surface area contributed by atoms with Crippen LogP contribution < -0.4 is 10.5 Å². The van der Waals surface area contributed by atoms with Gasteiger partial charge < -0.3 is 10.5 Å². The lowest BCUT2D eigenvalue weighted by Crippen LogP contribution is -2.19. The van der Waals surface area contributed by atoms with Gasteiger partial charge in [-0.1, -0.05) is 12.2 Å². The van der Waals surface area contributed by atoms with Gasteiger partial charge in [0.25, 0.3) is 0 Å². The molecule has 0 fully saturated rings. The second kappa shape index (κ2) is 5.50. The molecule has 0 aliphatic rings. The van der Waals surface area contributed by atoms with Crippen molar-refractivity contribution in [2.24, 2.45) is 5.73 Å². The first kappa shape index (κ1) is 12.5. The molecule has 0 atom stereocenters. The summed E-state index contributed by atoms with van der Waals surface area (Å²) in [7, 11) is 0. The van der Waals surface area contributed by atoms with Crippen molar-refractivity contribution in [2.45, 2.75) is 6.18 Å². The van der Waals surface area contributed by atoms with Crippen molar-refractivity contribution in [1.82, 2.24) is 4.98 Å². The van der Waals surface area contributed by atoms with Gasteiger partial charge in [-0.15, -0.1) is 0 Å². The second-order valence-electron chi connectivity index (χ2n) is 2.97. The predicted octanol–water partition coefficient (Wildman–Crippen LogP) is 1.99. The van der Waals surface area contributed by atoms with Gasteiger partial charge in [0, 0.05) is 18.8 Å². The first-order chi connectivity index (χ1) is 7.51. The van der Waals surface area contributed by atoms with Crippen LogP contribution in [0.1, 0.15) is 5.56 Å². The van der Waals surface area contributed by atoms with Crippen LogP contribution in [0.4, 0.5) is 13.2 Å². The fourth-order valence-electron chi connectivity index (χ4n) is 0.936. The number of nitrogens with two attached hydrogens (primary N) is 1. The Bertz CT molecular complexity index is 346. The van der Waals surface area contributed by atoms with Gasteiger partial charge in [0.1, 0.15) is 0 Å². The van der Waals surface area contributed by atoms with Crippen LogP contribution in [0.5, 0.6) is 5.88 Å². The minimum atomic E-state index is -4.35. The summed E-state index contributed by atoms with van der Waals surface area (Å²) in [4.78, 5) is 3.72. The number of ether oxygens (including phenoxy) is 1. The Morgan fingerprint density at radius 1 is 1.38 bits per heavy atom. The maximum Gasteiger partial charge on any atom is 0.422 e. The first-order valence-corrected chi connectivity index (χ1v) is 4.53. The minimum Gasteiger partial charge on any atom is -0.468 e. The molecule has 88 valence electrons. The number of halogens is 3. The smallest absolute Gasteiger partial charge is 0.422 e. The number of nitrogens with zero attached hydrogens (tertiary/aromatic N) is 1. The lowest BCUT2D eigenvalue weighted by atomic mass is 10.2. The van der Waals surface area contributed by atoms with Crippen molar-refractivity contribution < 1.29 is 17.9 Å². The summed E-state index contributed by atoms with van der Waals surface area (Å²) >= 11 is 0. The fraction of sp³-hybridized carbons (Fsp3) is 0.300. The normalized spacial score (nSPS) is 12.0. The molecular formula is C10H11F3N2O. The summed E-state index contributed by atoms with van der Waals surface area (Å²) in [6.45, 7) is -0.940. The minimum absolute atomic E-state index is 0.0535. The Balaban J connectivity index is 2.55. The number of hydrogen-bond acceptors (Lipinski definition) is 3. The molecule has 0 unspecified atom stereocenters. The first-order valence-electron chi connectivity index (χ1n) is 4.53. The summed E-state index contributed by atoms with van der Waals surface area (Å²) in [5.74, 6) is -0.0535. The molecule has 0 aliphatic heterocycles. The maximum atomic E-state index is 11.8. The molecule has 0 aliphatic carbocycles. The monoisotopic (exact) mass is 232 g/mol. The molecule has 1 heterocycles. The van der Waals surface area contributed by atoms with E-state index in [1.165, 1.54) is 12.3 Å². The Morgan fingerprint density at radius 3 is 2.62 bits per heavy atom. The second-order valence-corrected chi connectivity index (χ2v) is 2.97. The Morgan fingerprint density at radius 2 is 2.12 bits per heavy atom. The van der Waals surface area contributed by atoms with E-state index in [2.05, 4.69) is 9.72 Å². The zero-order valence-electron chi connectivity index (χ0n) is 8.37. The molecule has 1 aromatic heterocycles. The lowest BCUT2D eigenvalue weighted by molar-refractivity contribution is -0.154. The molecule has 16 heavy (non-hydrogen) atoms. The highest BCUT2D eigenvalue weighted by atomic mass is 19.4. The summed E-state index contributed by atoms with van der Waals surface area (Å²) in [6, 6.07) is 2.98. The standard InChI is InChI=1S/C10H11F3N2O/c11-10(12,13)7-16-9-4-3-8(6-15-9)2-1-5-14/h1-4,6H,5,7,14H2. The topological polar surface area (TPSA) is 48.1 Å². The molecule has 0 bridgehead atoms. The van der Waals surface area contributed by atoms with E-state index in [-0.39, 0.29) is 5.88 Å². The van der Waals surface area contributed by atoms with Gasteiger partial charge >= 0.3 is 6.18 Å². The molecule has 3 nitrogen and oxygen atoms in total. The van der Waals surface area contributed by atoms with Crippen molar-refractivity contribution in [3.05, 3.63) is 30.0 Å². The van der Waals surface area contributed by atoms with Crippen molar-refractivity contribution in [3.63, 3.8) is 0 Å². The molecule has 0 saturated carbocycles. The molecule has 0 spiro atoms. The highest BCUT2D eigenvalue weighted by Crippen LogP contribution is 2.17. The summed E-state index contributed by atoms with van der Waals surface area (Å²) in [5, 5.41) is 0. The van der Waals surface area contributed by atoms with Crippen LogP contribution in [0, 0.1) is 0 Å². The van der Waals surface area contributed by atoms with Crippen LogP contribution in [0.2, 0.25) is 0 Å². The quantitative estimate of drug-likeness (QED) is 0.863. The summed E-state index contributed by atoms with van der Waals surface area (Å²) in [5.41, 5.74) is 6.00. The van der Waals surface area contributed by atoms with Gasteiger partial charge in [-0.05, 0) is 11.6 Å². The van der Waals surface area contributed by atoms with E-state index >= 15 is 0 Å². The summed E-state index contributed by atoms with van der Waals surface area (Å²) < 4.78 is 39.9. The average molecular weight is 232 g/mol. The van der Waals surface area contributed by atoms with Gasteiger partial charge in [-0.25, -0.2) is 4.98 Å². The highest BCUT2D eigenvalue weighted by molar-refractivity contribution is 5.48. The molecule has 2 N–H and O–H groups in total. The molecule has 0 saturated heterocycles. The number of hydrogen-bond donors (Lipinski definition) is 1. The molecule has 1 rings (SSSR count). The van der Waals surface area contributed by atoms with Crippen molar-refractivity contribution in [2.75, 3.05) is 13.2 Å². The van der Waals surface area contributed by atoms with Crippen molar-refractivity contribution in [3.8, 4) is 5.88 Å². The van der Waals surface area contributed by atoms with Crippen LogP contribution in [0.15, 0.2) is 24.4 Å². The predicted molar refractivity (Wildman–Crippen MR) is 53.9 cm³/mol. The largest absolute Gasteiger partial charge is 0.468 e. The lowest BCUT2D eigenvalue weighted by Gasteiger charge is -2.07. The van der Waals surface area contributed by atoms with Crippen LogP contribution in [-0.2, 0) is 0 Å². The van der Waals surface area contributed by atoms with Gasteiger partial charge in [0.2, 0.25) is 5.88 Å². The fourth-order valence-corrected chi connectivity index (χ4v) is 0.936. The van der Waals surface area contributed by atoms with E-state index in [1.807, 2.05) is 0 Å². The van der Waals surface area contributed by atoms with E-state index in [0.29, 0.717) is 6.54 Å². The Labute approximate surface area is 90.7 Å². The molecule has 0 aromatic carbocycles. The zero-order valence-corrected chi connectivity index (χ0v) is 8.37. The molecule has 6 heteroatoms. The van der Waals surface area contributed by atoms with Crippen LogP contribution in [-0.4, -0.2) is 24.3 Å². The Kier molecular flexibility index (Phi) is 4.30. The zero-order chi connectivity index (χ0) is 12.0. The van der Waals surface area contributed by atoms with Crippen LogP contribution in [0.3, 0.4) is 0 Å². The molecule has 1 aromatic rings. The third-order valence-corrected chi connectivity index (χ3v) is 1.59. The molecule has 0 amide bonds. The third-order valence-electron chi connectivity index (χ3n) is 1.59. The van der Waals surface area contributed by atoms with E-state index in [1.54, 1.807) is 18.2 Å². The summed E-state index contributed by atoms with van der Waals surface area (Å²) in [6.07, 6.45) is 0.505. The maximum absolute atomic E-state index is 11.8. The highest BCUT2D eigenvalue weighted by Gasteiger charge is 2.28. The number of pyridine rings is 1. The Hall–Kier alpha value is -1.56. The van der Waals surface area contributed by atoms with Gasteiger partial charge in [0.05, 0.1) is 0 Å². The molecular weight excluding hydrogens is 221 g/mol. The SMILES string of the molecule is NCC=Cc1ccc(OCC(F)(F)F)nc1. The van der Waals surface area contributed by atoms with E-state index in [4.69, 9.17) is 5.73 Å². The van der Waals surface area contributed by atoms with Crippen LogP contribution >= 0.6 is 0 Å². The van der Waals surface area contributed by atoms with Gasteiger partial charge in [-0.3, -0.25) is 0 Å². The third kappa shape index (κ3) is 4.79. The number of alkyl halides is 3. The van der Waals surface area contributed by atoms with Crippen molar-refractivity contribution in [1.29, 1.82) is 0 Å². The number of rotatable bonds is 4. The van der Waals surface area contributed by atoms with E-state index in [9.17, 15) is 13.2 Å².